The molecule has 0 amide bonds. The molecule has 3 unspecified atom stereocenters. The second kappa shape index (κ2) is 6.65. The Morgan fingerprint density at radius 1 is 1.39 bits per heavy atom. The van der Waals surface area contributed by atoms with Crippen LogP contribution in [0.5, 0.6) is 0 Å². The molecule has 0 aliphatic carbocycles. The van der Waals surface area contributed by atoms with Gasteiger partial charge in [0.2, 0.25) is 0 Å². The molecule has 7 heteroatoms. The Morgan fingerprint density at radius 2 is 1.89 bits per heavy atom. The molecular formula is C11H21NO6. The summed E-state index contributed by atoms with van der Waals surface area (Å²) in [6.07, 6.45) is -2.34. The highest BCUT2D eigenvalue weighted by Gasteiger charge is 2.41. The topological polar surface area (TPSA) is 110 Å². The van der Waals surface area contributed by atoms with E-state index in [1.165, 1.54) is 0 Å². The largest absolute Gasteiger partial charge is 0.455 e. The minimum atomic E-state index is -1.87. The van der Waals surface area contributed by atoms with Crippen molar-refractivity contribution >= 4 is 5.97 Å². The van der Waals surface area contributed by atoms with Crippen molar-refractivity contribution in [1.82, 2.24) is 0 Å². The molecule has 3 atom stereocenters. The van der Waals surface area contributed by atoms with Crippen LogP contribution in [0, 0.1) is 10.1 Å². The van der Waals surface area contributed by atoms with Gasteiger partial charge in [0.05, 0.1) is 6.10 Å². The number of hydrogen-bond acceptors (Lipinski definition) is 6. The van der Waals surface area contributed by atoms with Gasteiger partial charge in [0, 0.05) is 11.3 Å². The highest BCUT2D eigenvalue weighted by atomic mass is 16.6. The van der Waals surface area contributed by atoms with Crippen molar-refractivity contribution < 1.29 is 24.7 Å². The molecule has 0 heterocycles. The SMILES string of the molecule is CCC(O)CC(O)C(C(=O)OC(C)(C)C)[N+](=O)[O-]. The van der Waals surface area contributed by atoms with Gasteiger partial charge in [-0.15, -0.1) is 0 Å². The van der Waals surface area contributed by atoms with Crippen LogP contribution in [0.15, 0.2) is 0 Å². The summed E-state index contributed by atoms with van der Waals surface area (Å²) in [7, 11) is 0. The number of rotatable bonds is 6. The van der Waals surface area contributed by atoms with Gasteiger partial charge < -0.3 is 14.9 Å². The van der Waals surface area contributed by atoms with Crippen LogP contribution >= 0.6 is 0 Å². The predicted molar refractivity (Wildman–Crippen MR) is 63.5 cm³/mol. The fourth-order valence-electron chi connectivity index (χ4n) is 1.32. The second-order valence-electron chi connectivity index (χ2n) is 5.13. The van der Waals surface area contributed by atoms with E-state index in [9.17, 15) is 25.1 Å². The monoisotopic (exact) mass is 263 g/mol. The number of nitrogens with zero attached hydrogens (tertiary/aromatic N) is 1. The molecule has 0 aromatic heterocycles. The van der Waals surface area contributed by atoms with Crippen molar-refractivity contribution in [2.75, 3.05) is 0 Å². The van der Waals surface area contributed by atoms with E-state index >= 15 is 0 Å². The maximum Gasteiger partial charge on any atom is 0.385 e. The number of aliphatic hydroxyl groups is 2. The Morgan fingerprint density at radius 3 is 2.22 bits per heavy atom. The Hall–Kier alpha value is -1.21. The summed E-state index contributed by atoms with van der Waals surface area (Å²) < 4.78 is 4.88. The third kappa shape index (κ3) is 5.92. The van der Waals surface area contributed by atoms with Gasteiger partial charge in [0.1, 0.15) is 11.7 Å². The smallest absolute Gasteiger partial charge is 0.385 e. The van der Waals surface area contributed by atoms with Crippen LogP contribution in [0.4, 0.5) is 0 Å². The Balaban J connectivity index is 4.75. The number of ether oxygens (including phenoxy) is 1. The van der Waals surface area contributed by atoms with E-state index in [2.05, 4.69) is 0 Å². The average molecular weight is 263 g/mol. The lowest BCUT2D eigenvalue weighted by atomic mass is 10.0. The molecule has 0 rings (SSSR count). The number of hydrogen-bond donors (Lipinski definition) is 2. The van der Waals surface area contributed by atoms with Crippen LogP contribution in [0.1, 0.15) is 40.5 Å². The van der Waals surface area contributed by atoms with Crippen molar-refractivity contribution in [2.24, 2.45) is 0 Å². The van der Waals surface area contributed by atoms with Gasteiger partial charge in [-0.1, -0.05) is 6.92 Å². The Labute approximate surface area is 106 Å². The van der Waals surface area contributed by atoms with Crippen LogP contribution in [-0.4, -0.2) is 45.0 Å². The molecule has 0 spiro atoms. The first-order chi connectivity index (χ1) is 8.08. The number of carbonyl (C=O) groups excluding carboxylic acids is 1. The van der Waals surface area contributed by atoms with Gasteiger partial charge in [-0.25, -0.2) is 4.79 Å². The average Bonchev–Trinajstić information content (AvgIpc) is 2.13. The van der Waals surface area contributed by atoms with Gasteiger partial charge in [-0.2, -0.15) is 0 Å². The molecule has 0 fully saturated rings. The third-order valence-corrected chi connectivity index (χ3v) is 2.22. The number of nitro groups is 1. The lowest BCUT2D eigenvalue weighted by Crippen LogP contribution is -2.45. The van der Waals surface area contributed by atoms with Crippen LogP contribution < -0.4 is 0 Å². The standard InChI is InChI=1S/C11H21NO6/c1-5-7(13)6-8(14)9(12(16)17)10(15)18-11(2,3)4/h7-9,13-14H,5-6H2,1-4H3. The van der Waals surface area contributed by atoms with E-state index in [1.807, 2.05) is 0 Å². The lowest BCUT2D eigenvalue weighted by molar-refractivity contribution is -0.523. The van der Waals surface area contributed by atoms with Crippen LogP contribution in [0.2, 0.25) is 0 Å². The molecule has 0 bridgehead atoms. The van der Waals surface area contributed by atoms with Gasteiger partial charge in [0.15, 0.2) is 0 Å². The molecule has 106 valence electrons. The summed E-state index contributed by atoms with van der Waals surface area (Å²) in [5.41, 5.74) is -0.867. The number of carbonyl (C=O) groups is 1. The summed E-state index contributed by atoms with van der Waals surface area (Å²) in [6.45, 7) is 6.41. The summed E-state index contributed by atoms with van der Waals surface area (Å²) in [5.74, 6) is -1.09. The molecule has 0 aliphatic heterocycles. The molecular weight excluding hydrogens is 242 g/mol. The van der Waals surface area contributed by atoms with E-state index in [-0.39, 0.29) is 6.42 Å². The molecule has 7 nitrogen and oxygen atoms in total. The first-order valence-corrected chi connectivity index (χ1v) is 5.81. The van der Waals surface area contributed by atoms with Gasteiger partial charge in [-0.3, -0.25) is 10.1 Å². The molecule has 18 heavy (non-hydrogen) atoms. The minimum Gasteiger partial charge on any atom is -0.455 e. The highest BCUT2D eigenvalue weighted by Crippen LogP contribution is 2.14. The van der Waals surface area contributed by atoms with Gasteiger partial charge >= 0.3 is 12.0 Å². The molecule has 0 aromatic carbocycles. The van der Waals surface area contributed by atoms with Crippen LogP contribution in [0.25, 0.3) is 0 Å². The van der Waals surface area contributed by atoms with E-state index in [4.69, 9.17) is 4.74 Å². The zero-order chi connectivity index (χ0) is 14.5. The van der Waals surface area contributed by atoms with Crippen LogP contribution in [-0.2, 0) is 9.53 Å². The zero-order valence-corrected chi connectivity index (χ0v) is 11.1. The van der Waals surface area contributed by atoms with Crippen molar-refractivity contribution in [3.05, 3.63) is 10.1 Å². The Kier molecular flexibility index (Phi) is 6.20. The molecule has 0 saturated carbocycles. The highest BCUT2D eigenvalue weighted by molar-refractivity contribution is 5.75. The van der Waals surface area contributed by atoms with Gasteiger partial charge in [-0.05, 0) is 27.2 Å². The normalized spacial score (nSPS) is 16.8. The maximum atomic E-state index is 11.6. The van der Waals surface area contributed by atoms with E-state index in [0.717, 1.165) is 0 Å². The first kappa shape index (κ1) is 16.8. The second-order valence-corrected chi connectivity index (χ2v) is 5.13. The Bertz CT molecular complexity index is 298. The van der Waals surface area contributed by atoms with Crippen molar-refractivity contribution in [3.8, 4) is 0 Å². The lowest BCUT2D eigenvalue weighted by Gasteiger charge is -2.23. The van der Waals surface area contributed by atoms with Gasteiger partial charge in [0.25, 0.3) is 0 Å². The van der Waals surface area contributed by atoms with Crippen molar-refractivity contribution in [1.29, 1.82) is 0 Å². The fraction of sp³-hybridized carbons (Fsp3) is 0.909. The molecule has 0 radical (unpaired) electrons. The minimum absolute atomic E-state index is 0.235. The first-order valence-electron chi connectivity index (χ1n) is 5.81. The number of esters is 1. The van der Waals surface area contributed by atoms with Crippen molar-refractivity contribution in [2.45, 2.75) is 64.4 Å². The maximum absolute atomic E-state index is 11.6. The summed E-state index contributed by atoms with van der Waals surface area (Å²) in [5, 5.41) is 29.8. The predicted octanol–water partition coefficient (Wildman–Crippen LogP) is 0.495. The summed E-state index contributed by atoms with van der Waals surface area (Å²) in [4.78, 5) is 21.5. The molecule has 0 aromatic rings. The molecule has 2 N–H and O–H groups in total. The summed E-state index contributed by atoms with van der Waals surface area (Å²) in [6, 6.07) is -1.87. The van der Waals surface area contributed by atoms with E-state index in [0.29, 0.717) is 6.42 Å². The molecule has 0 saturated heterocycles. The number of aliphatic hydroxyl groups excluding tert-OH is 2. The quantitative estimate of drug-likeness (QED) is 0.410. The van der Waals surface area contributed by atoms with E-state index < -0.39 is 34.7 Å². The van der Waals surface area contributed by atoms with E-state index in [1.54, 1.807) is 27.7 Å². The van der Waals surface area contributed by atoms with Crippen molar-refractivity contribution in [3.63, 3.8) is 0 Å². The summed E-state index contributed by atoms with van der Waals surface area (Å²) >= 11 is 0. The molecule has 0 aliphatic rings. The van der Waals surface area contributed by atoms with Crippen LogP contribution in [0.3, 0.4) is 0 Å². The fourth-order valence-corrected chi connectivity index (χ4v) is 1.32. The third-order valence-electron chi connectivity index (χ3n) is 2.22. The zero-order valence-electron chi connectivity index (χ0n) is 11.1.